The van der Waals surface area contributed by atoms with Gasteiger partial charge in [-0.05, 0) is 26.3 Å². The smallest absolute Gasteiger partial charge is 0.222 e. The number of carbonyl (C=O) groups excluding carboxylic acids is 1. The molecule has 0 radical (unpaired) electrons. The Hall–Kier alpha value is -0.610. The Balaban J connectivity index is 3.52. The van der Waals surface area contributed by atoms with Crippen molar-refractivity contribution < 1.29 is 9.90 Å². The van der Waals surface area contributed by atoms with Gasteiger partial charge in [-0.15, -0.1) is 0 Å². The quantitative estimate of drug-likeness (QED) is 0.585. The van der Waals surface area contributed by atoms with Gasteiger partial charge < -0.3 is 15.7 Å². The second-order valence-electron chi connectivity index (χ2n) is 3.72. The summed E-state index contributed by atoms with van der Waals surface area (Å²) in [6.45, 7) is 2.78. The maximum atomic E-state index is 11.4. The van der Waals surface area contributed by atoms with Crippen molar-refractivity contribution >= 4 is 5.91 Å². The van der Waals surface area contributed by atoms with Gasteiger partial charge in [0, 0.05) is 20.0 Å². The average Bonchev–Trinajstić information content (AvgIpc) is 2.11. The van der Waals surface area contributed by atoms with Crippen LogP contribution in [0.25, 0.3) is 0 Å². The fraction of sp³-hybridized carbons (Fsp3) is 0.900. The molecule has 4 heteroatoms. The Morgan fingerprint density at radius 3 is 2.57 bits per heavy atom. The number of carbonyl (C=O) groups is 1. The number of rotatable bonds is 7. The lowest BCUT2D eigenvalue weighted by Crippen LogP contribution is -2.32. The van der Waals surface area contributed by atoms with Crippen molar-refractivity contribution in [1.29, 1.82) is 0 Å². The highest BCUT2D eigenvalue weighted by atomic mass is 16.3. The van der Waals surface area contributed by atoms with Gasteiger partial charge in [-0.3, -0.25) is 4.79 Å². The number of amides is 1. The van der Waals surface area contributed by atoms with E-state index in [4.69, 9.17) is 10.8 Å². The maximum absolute atomic E-state index is 11.4. The number of nitrogens with two attached hydrogens (primary N) is 1. The van der Waals surface area contributed by atoms with Gasteiger partial charge in [-0.1, -0.05) is 6.42 Å². The molecule has 0 fully saturated rings. The maximum Gasteiger partial charge on any atom is 0.222 e. The molecule has 0 aromatic carbocycles. The zero-order valence-corrected chi connectivity index (χ0v) is 9.20. The van der Waals surface area contributed by atoms with E-state index < -0.39 is 6.10 Å². The fourth-order valence-electron chi connectivity index (χ4n) is 1.29. The van der Waals surface area contributed by atoms with E-state index in [-0.39, 0.29) is 5.91 Å². The molecule has 0 bridgehead atoms. The summed E-state index contributed by atoms with van der Waals surface area (Å²) in [6, 6.07) is 0. The highest BCUT2D eigenvalue weighted by molar-refractivity contribution is 5.75. The van der Waals surface area contributed by atoms with E-state index in [2.05, 4.69) is 0 Å². The van der Waals surface area contributed by atoms with Gasteiger partial charge in [0.15, 0.2) is 0 Å². The monoisotopic (exact) mass is 202 g/mol. The van der Waals surface area contributed by atoms with Gasteiger partial charge in [-0.2, -0.15) is 0 Å². The van der Waals surface area contributed by atoms with Crippen LogP contribution in [-0.4, -0.2) is 42.2 Å². The van der Waals surface area contributed by atoms with Crippen molar-refractivity contribution in [1.82, 2.24) is 4.90 Å². The van der Waals surface area contributed by atoms with Crippen molar-refractivity contribution in [2.45, 2.75) is 38.7 Å². The zero-order valence-electron chi connectivity index (χ0n) is 9.20. The molecule has 84 valence electrons. The van der Waals surface area contributed by atoms with E-state index in [9.17, 15) is 4.79 Å². The van der Waals surface area contributed by atoms with Crippen LogP contribution in [0.4, 0.5) is 0 Å². The van der Waals surface area contributed by atoms with Gasteiger partial charge in [0.1, 0.15) is 0 Å². The van der Waals surface area contributed by atoms with Gasteiger partial charge >= 0.3 is 0 Å². The minimum absolute atomic E-state index is 0.0999. The summed E-state index contributed by atoms with van der Waals surface area (Å²) in [5.74, 6) is 0.0999. The Labute approximate surface area is 86.1 Å². The first-order valence-electron chi connectivity index (χ1n) is 5.20. The molecule has 1 amide bonds. The van der Waals surface area contributed by atoms with E-state index in [0.29, 0.717) is 19.5 Å². The molecule has 0 aliphatic heterocycles. The molecule has 1 atom stereocenters. The summed E-state index contributed by atoms with van der Waals surface area (Å²) >= 11 is 0. The molecule has 0 spiro atoms. The molecule has 4 nitrogen and oxygen atoms in total. The molecule has 0 rings (SSSR count). The largest absolute Gasteiger partial charge is 0.392 e. The summed E-state index contributed by atoms with van der Waals surface area (Å²) in [4.78, 5) is 13.0. The average molecular weight is 202 g/mol. The second-order valence-corrected chi connectivity index (χ2v) is 3.72. The van der Waals surface area contributed by atoms with E-state index in [0.717, 1.165) is 19.3 Å². The molecule has 1 unspecified atom stereocenters. The molecule has 0 aromatic heterocycles. The lowest BCUT2D eigenvalue weighted by atomic mass is 10.2. The van der Waals surface area contributed by atoms with Crippen molar-refractivity contribution in [2.24, 2.45) is 5.73 Å². The fourth-order valence-corrected chi connectivity index (χ4v) is 1.29. The first kappa shape index (κ1) is 13.4. The van der Waals surface area contributed by atoms with Crippen LogP contribution in [0, 0.1) is 0 Å². The number of likely N-dealkylation sites (N-methyl/N-ethyl adjacent to an activating group) is 1. The van der Waals surface area contributed by atoms with Crippen LogP contribution >= 0.6 is 0 Å². The van der Waals surface area contributed by atoms with Crippen molar-refractivity contribution in [3.8, 4) is 0 Å². The van der Waals surface area contributed by atoms with Gasteiger partial charge in [0.25, 0.3) is 0 Å². The highest BCUT2D eigenvalue weighted by Gasteiger charge is 2.09. The van der Waals surface area contributed by atoms with E-state index in [1.807, 2.05) is 0 Å². The van der Waals surface area contributed by atoms with Crippen LogP contribution < -0.4 is 5.73 Å². The number of nitrogens with zero attached hydrogens (tertiary/aromatic N) is 1. The SMILES string of the molecule is CC(O)CN(C)C(=O)CCCCCN. The Morgan fingerprint density at radius 2 is 2.07 bits per heavy atom. The number of hydrogen-bond acceptors (Lipinski definition) is 3. The zero-order chi connectivity index (χ0) is 11.0. The van der Waals surface area contributed by atoms with Gasteiger partial charge in [-0.25, -0.2) is 0 Å². The first-order valence-corrected chi connectivity index (χ1v) is 5.20. The molecule has 0 aliphatic rings. The standard InChI is InChI=1S/C10H22N2O2/c1-9(13)8-12(2)10(14)6-4-3-5-7-11/h9,13H,3-8,11H2,1-2H3. The van der Waals surface area contributed by atoms with Crippen molar-refractivity contribution in [3.05, 3.63) is 0 Å². The number of hydrogen-bond donors (Lipinski definition) is 2. The van der Waals surface area contributed by atoms with Gasteiger partial charge in [0.05, 0.1) is 6.10 Å². The predicted molar refractivity (Wildman–Crippen MR) is 56.8 cm³/mol. The summed E-state index contributed by atoms with van der Waals surface area (Å²) in [7, 11) is 1.72. The minimum atomic E-state index is -0.451. The number of aliphatic hydroxyl groups excluding tert-OH is 1. The molecule has 3 N–H and O–H groups in total. The lowest BCUT2D eigenvalue weighted by Gasteiger charge is -2.18. The molecule has 0 saturated carbocycles. The summed E-state index contributed by atoms with van der Waals surface area (Å²) in [6.07, 6.45) is 2.98. The van der Waals surface area contributed by atoms with Gasteiger partial charge in [0.2, 0.25) is 5.91 Å². The van der Waals surface area contributed by atoms with Crippen molar-refractivity contribution in [3.63, 3.8) is 0 Å². The Bertz CT molecular complexity index is 160. The third-order valence-corrected chi connectivity index (χ3v) is 2.06. The summed E-state index contributed by atoms with van der Waals surface area (Å²) in [5.41, 5.74) is 5.34. The predicted octanol–water partition coefficient (Wildman–Crippen LogP) is 0.345. The summed E-state index contributed by atoms with van der Waals surface area (Å²) < 4.78 is 0. The third kappa shape index (κ3) is 6.86. The number of aliphatic hydroxyl groups is 1. The van der Waals surface area contributed by atoms with E-state index in [1.54, 1.807) is 18.9 Å². The van der Waals surface area contributed by atoms with Crippen LogP contribution in [-0.2, 0) is 4.79 Å². The summed E-state index contributed by atoms with van der Waals surface area (Å²) in [5, 5.41) is 9.07. The molecule has 0 aliphatic carbocycles. The van der Waals surface area contributed by atoms with Crippen LogP contribution in [0.2, 0.25) is 0 Å². The second kappa shape index (κ2) is 7.76. The highest BCUT2D eigenvalue weighted by Crippen LogP contribution is 2.02. The molecule has 0 heterocycles. The Morgan fingerprint density at radius 1 is 1.43 bits per heavy atom. The number of unbranched alkanes of at least 4 members (excludes halogenated alkanes) is 2. The topological polar surface area (TPSA) is 66.6 Å². The molecule has 0 aromatic rings. The molecule has 14 heavy (non-hydrogen) atoms. The first-order chi connectivity index (χ1) is 6.57. The van der Waals surface area contributed by atoms with Crippen LogP contribution in [0.3, 0.4) is 0 Å². The van der Waals surface area contributed by atoms with Crippen LogP contribution in [0.15, 0.2) is 0 Å². The molecular weight excluding hydrogens is 180 g/mol. The van der Waals surface area contributed by atoms with Crippen molar-refractivity contribution in [2.75, 3.05) is 20.1 Å². The normalized spacial score (nSPS) is 12.6. The van der Waals surface area contributed by atoms with E-state index >= 15 is 0 Å². The third-order valence-electron chi connectivity index (χ3n) is 2.06. The minimum Gasteiger partial charge on any atom is -0.392 e. The van der Waals surface area contributed by atoms with Crippen LogP contribution in [0.1, 0.15) is 32.6 Å². The lowest BCUT2D eigenvalue weighted by molar-refractivity contribution is -0.131. The molecule has 0 saturated heterocycles. The Kier molecular flexibility index (Phi) is 7.42. The molecular formula is C10H22N2O2. The van der Waals surface area contributed by atoms with Crippen LogP contribution in [0.5, 0.6) is 0 Å². The van der Waals surface area contributed by atoms with E-state index in [1.165, 1.54) is 0 Å².